The molecule has 2 rings (SSSR count). The van der Waals surface area contributed by atoms with E-state index in [0.29, 0.717) is 6.61 Å². The highest BCUT2D eigenvalue weighted by Gasteiger charge is 2.07. The standard InChI is InChI=1S/C13H14ClNOS/c1-9(15)11-4-2-3-5-12(11)16-8-10-6-7-13(14)17-10/h2-7,9H,8,15H2,1H3/t9-/m0/s1. The van der Waals surface area contributed by atoms with Gasteiger partial charge in [-0.2, -0.15) is 0 Å². The molecule has 0 aliphatic carbocycles. The highest BCUT2D eigenvalue weighted by molar-refractivity contribution is 7.16. The van der Waals surface area contributed by atoms with Crippen LogP contribution in [0.1, 0.15) is 23.4 Å². The second kappa shape index (κ2) is 5.54. The maximum Gasteiger partial charge on any atom is 0.124 e. The summed E-state index contributed by atoms with van der Waals surface area (Å²) in [7, 11) is 0. The summed E-state index contributed by atoms with van der Waals surface area (Å²) < 4.78 is 6.55. The second-order valence-electron chi connectivity index (χ2n) is 3.82. The molecular weight excluding hydrogens is 254 g/mol. The Morgan fingerprint density at radius 3 is 2.71 bits per heavy atom. The maximum atomic E-state index is 5.89. The van der Waals surface area contributed by atoms with Crippen LogP contribution in [-0.4, -0.2) is 0 Å². The van der Waals surface area contributed by atoms with Crippen LogP contribution in [0.5, 0.6) is 5.75 Å². The normalized spacial score (nSPS) is 12.4. The van der Waals surface area contributed by atoms with E-state index in [1.807, 2.05) is 43.3 Å². The van der Waals surface area contributed by atoms with Gasteiger partial charge in [-0.25, -0.2) is 0 Å². The summed E-state index contributed by atoms with van der Waals surface area (Å²) in [5.41, 5.74) is 6.91. The Kier molecular flexibility index (Phi) is 4.05. The van der Waals surface area contributed by atoms with Crippen LogP contribution in [0.3, 0.4) is 0 Å². The van der Waals surface area contributed by atoms with Gasteiger partial charge in [0.25, 0.3) is 0 Å². The van der Waals surface area contributed by atoms with E-state index in [9.17, 15) is 0 Å². The first-order chi connectivity index (χ1) is 8.16. The summed E-state index contributed by atoms with van der Waals surface area (Å²) in [4.78, 5) is 1.11. The molecule has 2 nitrogen and oxygen atoms in total. The topological polar surface area (TPSA) is 35.2 Å². The van der Waals surface area contributed by atoms with E-state index in [1.54, 1.807) is 0 Å². The Morgan fingerprint density at radius 1 is 1.29 bits per heavy atom. The zero-order chi connectivity index (χ0) is 12.3. The summed E-state index contributed by atoms with van der Waals surface area (Å²) in [6.45, 7) is 2.48. The van der Waals surface area contributed by atoms with Crippen molar-refractivity contribution in [3.8, 4) is 5.75 Å². The van der Waals surface area contributed by atoms with E-state index in [1.165, 1.54) is 11.3 Å². The van der Waals surface area contributed by atoms with Crippen molar-refractivity contribution in [2.45, 2.75) is 19.6 Å². The van der Waals surface area contributed by atoms with Crippen LogP contribution in [0.2, 0.25) is 4.34 Å². The van der Waals surface area contributed by atoms with Gasteiger partial charge in [-0.1, -0.05) is 29.8 Å². The van der Waals surface area contributed by atoms with Gasteiger partial charge in [-0.3, -0.25) is 0 Å². The lowest BCUT2D eigenvalue weighted by molar-refractivity contribution is 0.305. The molecule has 0 aliphatic heterocycles. The molecule has 0 saturated carbocycles. The van der Waals surface area contributed by atoms with Gasteiger partial charge in [-0.05, 0) is 25.1 Å². The number of rotatable bonds is 4. The Bertz CT molecular complexity index is 496. The van der Waals surface area contributed by atoms with E-state index in [-0.39, 0.29) is 6.04 Å². The molecule has 0 bridgehead atoms. The van der Waals surface area contributed by atoms with E-state index in [0.717, 1.165) is 20.5 Å². The molecule has 0 amide bonds. The molecule has 2 aromatic rings. The Labute approximate surface area is 110 Å². The fourth-order valence-electron chi connectivity index (χ4n) is 1.57. The summed E-state index contributed by atoms with van der Waals surface area (Å²) >= 11 is 7.40. The molecule has 17 heavy (non-hydrogen) atoms. The van der Waals surface area contributed by atoms with Crippen molar-refractivity contribution in [3.63, 3.8) is 0 Å². The third kappa shape index (κ3) is 3.22. The van der Waals surface area contributed by atoms with Gasteiger partial charge in [0, 0.05) is 16.5 Å². The average molecular weight is 268 g/mol. The van der Waals surface area contributed by atoms with Crippen molar-refractivity contribution in [1.82, 2.24) is 0 Å². The molecular formula is C13H14ClNOS. The van der Waals surface area contributed by atoms with Crippen molar-refractivity contribution in [2.24, 2.45) is 5.73 Å². The fraction of sp³-hybridized carbons (Fsp3) is 0.231. The Hall–Kier alpha value is -1.03. The summed E-state index contributed by atoms with van der Waals surface area (Å²) in [6.07, 6.45) is 0. The lowest BCUT2D eigenvalue weighted by Crippen LogP contribution is -2.07. The molecule has 2 N–H and O–H groups in total. The number of hydrogen-bond acceptors (Lipinski definition) is 3. The van der Waals surface area contributed by atoms with Crippen LogP contribution < -0.4 is 10.5 Å². The van der Waals surface area contributed by atoms with E-state index in [2.05, 4.69) is 0 Å². The summed E-state index contributed by atoms with van der Waals surface area (Å²) in [5.74, 6) is 0.840. The Morgan fingerprint density at radius 2 is 2.06 bits per heavy atom. The smallest absolute Gasteiger partial charge is 0.124 e. The average Bonchev–Trinajstić information content (AvgIpc) is 2.73. The third-order valence-electron chi connectivity index (χ3n) is 2.41. The molecule has 1 aromatic heterocycles. The molecule has 1 atom stereocenters. The van der Waals surface area contributed by atoms with Crippen molar-refractivity contribution in [2.75, 3.05) is 0 Å². The number of halogens is 1. The highest BCUT2D eigenvalue weighted by atomic mass is 35.5. The van der Waals surface area contributed by atoms with Gasteiger partial charge in [0.1, 0.15) is 12.4 Å². The molecule has 0 aliphatic rings. The first-order valence-electron chi connectivity index (χ1n) is 5.38. The van der Waals surface area contributed by atoms with Crippen LogP contribution in [0.15, 0.2) is 36.4 Å². The number of thiophene rings is 1. The molecule has 0 fully saturated rings. The molecule has 0 spiro atoms. The van der Waals surface area contributed by atoms with Crippen molar-refractivity contribution in [1.29, 1.82) is 0 Å². The fourth-order valence-corrected chi connectivity index (χ4v) is 2.57. The van der Waals surface area contributed by atoms with Gasteiger partial charge in [0.2, 0.25) is 0 Å². The largest absolute Gasteiger partial charge is 0.488 e. The van der Waals surface area contributed by atoms with Crippen molar-refractivity contribution >= 4 is 22.9 Å². The number of para-hydroxylation sites is 1. The Balaban J connectivity index is 2.08. The number of ether oxygens (including phenoxy) is 1. The van der Waals surface area contributed by atoms with Crippen molar-refractivity contribution in [3.05, 3.63) is 51.2 Å². The minimum atomic E-state index is -0.0295. The second-order valence-corrected chi connectivity index (χ2v) is 5.62. The highest BCUT2D eigenvalue weighted by Crippen LogP contribution is 2.26. The third-order valence-corrected chi connectivity index (χ3v) is 3.61. The van der Waals surface area contributed by atoms with Crippen LogP contribution in [0.4, 0.5) is 0 Å². The first-order valence-corrected chi connectivity index (χ1v) is 6.58. The molecule has 90 valence electrons. The molecule has 0 saturated heterocycles. The van der Waals surface area contributed by atoms with E-state index < -0.39 is 0 Å². The zero-order valence-corrected chi connectivity index (χ0v) is 11.1. The van der Waals surface area contributed by atoms with Gasteiger partial charge >= 0.3 is 0 Å². The summed E-state index contributed by atoms with van der Waals surface area (Å²) in [6, 6.07) is 11.7. The number of benzene rings is 1. The minimum absolute atomic E-state index is 0.0295. The lowest BCUT2D eigenvalue weighted by Gasteiger charge is -2.13. The minimum Gasteiger partial charge on any atom is -0.488 e. The van der Waals surface area contributed by atoms with Gasteiger partial charge in [0.05, 0.1) is 4.34 Å². The van der Waals surface area contributed by atoms with Crippen molar-refractivity contribution < 1.29 is 4.74 Å². The van der Waals surface area contributed by atoms with Crippen LogP contribution in [0, 0.1) is 0 Å². The van der Waals surface area contributed by atoms with Crippen LogP contribution >= 0.6 is 22.9 Å². The quantitative estimate of drug-likeness (QED) is 0.909. The molecule has 0 unspecified atom stereocenters. The van der Waals surface area contributed by atoms with E-state index >= 15 is 0 Å². The number of nitrogens with two attached hydrogens (primary N) is 1. The molecule has 4 heteroatoms. The number of hydrogen-bond donors (Lipinski definition) is 1. The first kappa shape index (κ1) is 12.4. The monoisotopic (exact) mass is 267 g/mol. The van der Waals surface area contributed by atoms with Crippen LogP contribution in [-0.2, 0) is 6.61 Å². The SMILES string of the molecule is C[C@H](N)c1ccccc1OCc1ccc(Cl)s1. The lowest BCUT2D eigenvalue weighted by atomic mass is 10.1. The van der Waals surface area contributed by atoms with Gasteiger partial charge in [0.15, 0.2) is 0 Å². The zero-order valence-electron chi connectivity index (χ0n) is 9.52. The summed E-state index contributed by atoms with van der Waals surface area (Å²) in [5, 5.41) is 0. The predicted molar refractivity (Wildman–Crippen MR) is 72.7 cm³/mol. The maximum absolute atomic E-state index is 5.89. The van der Waals surface area contributed by atoms with Gasteiger partial charge < -0.3 is 10.5 Å². The van der Waals surface area contributed by atoms with E-state index in [4.69, 9.17) is 22.1 Å². The molecule has 1 heterocycles. The predicted octanol–water partition coefficient (Wildman–Crippen LogP) is 4.00. The van der Waals surface area contributed by atoms with Gasteiger partial charge in [-0.15, -0.1) is 11.3 Å². The molecule has 0 radical (unpaired) electrons. The van der Waals surface area contributed by atoms with Crippen LogP contribution in [0.25, 0.3) is 0 Å². The molecule has 1 aromatic carbocycles.